The molecule has 0 radical (unpaired) electrons. The monoisotopic (exact) mass is 254 g/mol. The summed E-state index contributed by atoms with van der Waals surface area (Å²) in [5.41, 5.74) is 3.47. The maximum absolute atomic E-state index is 13.3. The number of rotatable bonds is 3. The highest BCUT2D eigenvalue weighted by atomic mass is 19.1. The molecule has 1 aliphatic carbocycles. The molecule has 1 saturated carbocycles. The summed E-state index contributed by atoms with van der Waals surface area (Å²) in [7, 11) is 0. The molecule has 0 heterocycles. The van der Waals surface area contributed by atoms with Crippen molar-refractivity contribution in [3.8, 4) is 0 Å². The lowest BCUT2D eigenvalue weighted by atomic mass is 9.75. The van der Waals surface area contributed by atoms with Gasteiger partial charge >= 0.3 is 0 Å². The van der Waals surface area contributed by atoms with Crippen LogP contribution in [-0.4, -0.2) is 0 Å². The van der Waals surface area contributed by atoms with Crippen LogP contribution in [0.25, 0.3) is 0 Å². The van der Waals surface area contributed by atoms with Crippen LogP contribution in [0.5, 0.6) is 0 Å². The molecule has 0 saturated heterocycles. The van der Waals surface area contributed by atoms with Crippen molar-refractivity contribution in [3.05, 3.63) is 35.4 Å². The molecule has 2 rings (SSSR count). The lowest BCUT2D eigenvalue weighted by molar-refractivity contribution is 0.198. The van der Waals surface area contributed by atoms with Gasteiger partial charge in [-0.2, -0.15) is 0 Å². The van der Waals surface area contributed by atoms with Gasteiger partial charge in [-0.15, -0.1) is 0 Å². The van der Waals surface area contributed by atoms with Gasteiger partial charge in [0, 0.05) is 12.1 Å². The van der Waals surface area contributed by atoms with Crippen LogP contribution >= 0.6 is 0 Å². The maximum Gasteiger partial charge on any atom is 0.126 e. The van der Waals surface area contributed by atoms with E-state index in [0.29, 0.717) is 11.5 Å². The minimum atomic E-state index is -0.555. The maximum atomic E-state index is 13.3. The third-order valence-electron chi connectivity index (χ3n) is 4.17. The molecule has 0 aliphatic heterocycles. The highest BCUT2D eigenvalue weighted by Crippen LogP contribution is 2.48. The van der Waals surface area contributed by atoms with Crippen molar-refractivity contribution in [3.63, 3.8) is 0 Å². The summed E-state index contributed by atoms with van der Waals surface area (Å²) >= 11 is 0. The molecule has 1 aliphatic rings. The van der Waals surface area contributed by atoms with Gasteiger partial charge in [-0.3, -0.25) is 11.3 Å². The zero-order chi connectivity index (χ0) is 13.3. The Morgan fingerprint density at radius 3 is 2.33 bits per heavy atom. The molecule has 0 bridgehead atoms. The fraction of sp³-hybridized carbons (Fsp3) is 0.571. The summed E-state index contributed by atoms with van der Waals surface area (Å²) in [6.45, 7) is 4.37. The summed E-state index contributed by atoms with van der Waals surface area (Å²) in [6.07, 6.45) is 3.28. The molecule has 0 amide bonds. The average Bonchev–Trinajstić information content (AvgIpc) is 2.59. The first kappa shape index (κ1) is 13.4. The second-order valence-corrected chi connectivity index (χ2v) is 5.83. The summed E-state index contributed by atoms with van der Waals surface area (Å²) in [5.74, 6) is 4.80. The average molecular weight is 254 g/mol. The Kier molecular flexibility index (Phi) is 3.69. The second-order valence-electron chi connectivity index (χ2n) is 5.83. The predicted octanol–water partition coefficient (Wildman–Crippen LogP) is 3.30. The number of hydrogen-bond acceptors (Lipinski definition) is 2. The van der Waals surface area contributed by atoms with Gasteiger partial charge in [0.2, 0.25) is 0 Å². The fourth-order valence-electron chi connectivity index (χ4n) is 3.17. The van der Waals surface area contributed by atoms with E-state index in [0.717, 1.165) is 25.3 Å². The first-order chi connectivity index (χ1) is 8.44. The van der Waals surface area contributed by atoms with E-state index in [1.807, 2.05) is 0 Å². The summed E-state index contributed by atoms with van der Waals surface area (Å²) in [4.78, 5) is 0. The van der Waals surface area contributed by atoms with Crippen molar-refractivity contribution in [2.45, 2.75) is 39.2 Å². The highest BCUT2D eigenvalue weighted by Gasteiger charge is 2.39. The number of hydrogen-bond donors (Lipinski definition) is 2. The molecule has 1 aromatic carbocycles. The summed E-state index contributed by atoms with van der Waals surface area (Å²) < 4.78 is 26.6. The number of nitrogens with one attached hydrogen (secondary N) is 1. The van der Waals surface area contributed by atoms with Gasteiger partial charge in [0.15, 0.2) is 0 Å². The molecular weight excluding hydrogens is 234 g/mol. The van der Waals surface area contributed by atoms with Gasteiger partial charge in [-0.05, 0) is 41.9 Å². The molecule has 0 spiro atoms. The zero-order valence-electron chi connectivity index (χ0n) is 10.8. The highest BCUT2D eigenvalue weighted by molar-refractivity contribution is 5.23. The summed E-state index contributed by atoms with van der Waals surface area (Å²) in [5, 5.41) is 0. The van der Waals surface area contributed by atoms with E-state index in [2.05, 4.69) is 19.3 Å². The molecule has 4 heteroatoms. The van der Waals surface area contributed by atoms with Crippen LogP contribution in [0.1, 0.15) is 44.7 Å². The predicted molar refractivity (Wildman–Crippen MR) is 67.5 cm³/mol. The van der Waals surface area contributed by atoms with Crippen LogP contribution in [0, 0.1) is 23.0 Å². The Morgan fingerprint density at radius 1 is 1.28 bits per heavy atom. The molecular formula is C14H20F2N2. The molecule has 1 aromatic rings. The lowest BCUT2D eigenvalue weighted by Gasteiger charge is -2.34. The number of hydrazine groups is 1. The Balaban J connectivity index is 2.33. The Bertz CT molecular complexity index is 412. The second kappa shape index (κ2) is 4.94. The molecule has 0 aromatic heterocycles. The van der Waals surface area contributed by atoms with Crippen LogP contribution in [0.2, 0.25) is 0 Å². The minimum absolute atomic E-state index is 0.139. The van der Waals surface area contributed by atoms with Crippen LogP contribution in [0.15, 0.2) is 18.2 Å². The van der Waals surface area contributed by atoms with Crippen LogP contribution in [0.4, 0.5) is 8.78 Å². The molecule has 2 unspecified atom stereocenters. The summed E-state index contributed by atoms with van der Waals surface area (Å²) in [6, 6.07) is 3.41. The lowest BCUT2D eigenvalue weighted by Crippen LogP contribution is -2.37. The van der Waals surface area contributed by atoms with E-state index >= 15 is 0 Å². The first-order valence-corrected chi connectivity index (χ1v) is 6.36. The van der Waals surface area contributed by atoms with E-state index < -0.39 is 11.6 Å². The Morgan fingerprint density at radius 2 is 1.89 bits per heavy atom. The van der Waals surface area contributed by atoms with E-state index in [9.17, 15) is 8.78 Å². The number of benzene rings is 1. The van der Waals surface area contributed by atoms with Gasteiger partial charge in [0.25, 0.3) is 0 Å². The molecule has 2 nitrogen and oxygen atoms in total. The topological polar surface area (TPSA) is 38.0 Å². The van der Waals surface area contributed by atoms with E-state index in [-0.39, 0.29) is 11.5 Å². The SMILES string of the molecule is CC1(C)CCCC1C(NN)c1cc(F)cc(F)c1. The first-order valence-electron chi connectivity index (χ1n) is 6.36. The van der Waals surface area contributed by atoms with Crippen molar-refractivity contribution >= 4 is 0 Å². The molecule has 18 heavy (non-hydrogen) atoms. The van der Waals surface area contributed by atoms with Crippen molar-refractivity contribution in [2.75, 3.05) is 0 Å². The third-order valence-corrected chi connectivity index (χ3v) is 4.17. The number of halogens is 2. The van der Waals surface area contributed by atoms with Crippen molar-refractivity contribution in [2.24, 2.45) is 17.2 Å². The van der Waals surface area contributed by atoms with Gasteiger partial charge < -0.3 is 0 Å². The largest absolute Gasteiger partial charge is 0.271 e. The van der Waals surface area contributed by atoms with Gasteiger partial charge in [0.1, 0.15) is 11.6 Å². The van der Waals surface area contributed by atoms with E-state index in [1.54, 1.807) is 0 Å². The zero-order valence-corrected chi connectivity index (χ0v) is 10.8. The smallest absolute Gasteiger partial charge is 0.126 e. The Labute approximate surface area is 107 Å². The standard InChI is InChI=1S/C14H20F2N2/c1-14(2)5-3-4-12(14)13(18-17)9-6-10(15)8-11(16)7-9/h6-8,12-13,18H,3-5,17H2,1-2H3. The molecule has 3 N–H and O–H groups in total. The number of nitrogens with two attached hydrogens (primary N) is 1. The van der Waals surface area contributed by atoms with Gasteiger partial charge in [0.05, 0.1) is 0 Å². The van der Waals surface area contributed by atoms with E-state index in [4.69, 9.17) is 5.84 Å². The third kappa shape index (κ3) is 2.54. The van der Waals surface area contributed by atoms with Gasteiger partial charge in [-0.25, -0.2) is 8.78 Å². The van der Waals surface area contributed by atoms with Crippen molar-refractivity contribution in [1.29, 1.82) is 0 Å². The van der Waals surface area contributed by atoms with Gasteiger partial charge in [-0.1, -0.05) is 20.3 Å². The molecule has 2 atom stereocenters. The normalized spacial score (nSPS) is 24.2. The molecule has 100 valence electrons. The quantitative estimate of drug-likeness (QED) is 0.641. The van der Waals surface area contributed by atoms with E-state index in [1.165, 1.54) is 12.1 Å². The van der Waals surface area contributed by atoms with Crippen LogP contribution in [0.3, 0.4) is 0 Å². The molecule has 1 fully saturated rings. The van der Waals surface area contributed by atoms with Crippen molar-refractivity contribution < 1.29 is 8.78 Å². The minimum Gasteiger partial charge on any atom is -0.271 e. The Hall–Kier alpha value is -1.00. The van der Waals surface area contributed by atoms with Crippen LogP contribution < -0.4 is 11.3 Å². The fourth-order valence-corrected chi connectivity index (χ4v) is 3.17. The van der Waals surface area contributed by atoms with Crippen LogP contribution in [-0.2, 0) is 0 Å². The van der Waals surface area contributed by atoms with Crippen molar-refractivity contribution in [1.82, 2.24) is 5.43 Å².